The van der Waals surface area contributed by atoms with Gasteiger partial charge in [-0.1, -0.05) is 48.1 Å². The van der Waals surface area contributed by atoms with Crippen LogP contribution in [0.15, 0.2) is 28.9 Å². The summed E-state index contributed by atoms with van der Waals surface area (Å²) in [6, 6.07) is 6.46. The topological polar surface area (TPSA) is 26.0 Å². The predicted molar refractivity (Wildman–Crippen MR) is 79.8 cm³/mol. The van der Waals surface area contributed by atoms with Crippen molar-refractivity contribution in [3.05, 3.63) is 52.4 Å². The second-order valence-corrected chi connectivity index (χ2v) is 5.63. The number of hydrogen-bond donors (Lipinski definition) is 0. The Morgan fingerprint density at radius 3 is 2.84 bits per heavy atom. The SMILES string of the molecule is CCc1cc(C)ccc1C(=S)c1cnoc1C1CC1. The van der Waals surface area contributed by atoms with Crippen LogP contribution in [0.4, 0.5) is 0 Å². The first-order valence-electron chi connectivity index (χ1n) is 6.79. The van der Waals surface area contributed by atoms with Crippen LogP contribution in [-0.4, -0.2) is 10.0 Å². The lowest BCUT2D eigenvalue weighted by Crippen LogP contribution is -2.05. The van der Waals surface area contributed by atoms with Gasteiger partial charge in [0, 0.05) is 5.92 Å². The molecule has 0 bridgehead atoms. The fourth-order valence-electron chi connectivity index (χ4n) is 2.44. The van der Waals surface area contributed by atoms with Crippen molar-refractivity contribution in [2.75, 3.05) is 0 Å². The van der Waals surface area contributed by atoms with Gasteiger partial charge < -0.3 is 4.52 Å². The second kappa shape index (κ2) is 4.89. The average molecular weight is 271 g/mol. The lowest BCUT2D eigenvalue weighted by Gasteiger charge is -2.10. The van der Waals surface area contributed by atoms with Gasteiger partial charge in [-0.05, 0) is 37.3 Å². The molecule has 1 heterocycles. The summed E-state index contributed by atoms with van der Waals surface area (Å²) in [5.74, 6) is 1.51. The van der Waals surface area contributed by atoms with Gasteiger partial charge in [-0.2, -0.15) is 0 Å². The Kier molecular flexibility index (Phi) is 3.23. The molecule has 1 fully saturated rings. The van der Waals surface area contributed by atoms with Gasteiger partial charge in [0.05, 0.1) is 16.6 Å². The zero-order valence-electron chi connectivity index (χ0n) is 11.3. The van der Waals surface area contributed by atoms with Gasteiger partial charge in [0.15, 0.2) is 0 Å². The van der Waals surface area contributed by atoms with Crippen LogP contribution in [0.5, 0.6) is 0 Å². The number of aryl methyl sites for hydroxylation is 2. The molecule has 19 heavy (non-hydrogen) atoms. The molecule has 1 aromatic carbocycles. The van der Waals surface area contributed by atoms with E-state index in [0.29, 0.717) is 5.92 Å². The van der Waals surface area contributed by atoms with Crippen molar-refractivity contribution >= 4 is 17.1 Å². The molecular formula is C16H17NOS. The van der Waals surface area contributed by atoms with E-state index in [0.717, 1.165) is 28.2 Å². The maximum Gasteiger partial charge on any atom is 0.148 e. The van der Waals surface area contributed by atoms with Crippen LogP contribution in [0.2, 0.25) is 0 Å². The highest BCUT2D eigenvalue weighted by atomic mass is 32.1. The first kappa shape index (κ1) is 12.5. The van der Waals surface area contributed by atoms with Crippen LogP contribution in [0.3, 0.4) is 0 Å². The third-order valence-corrected chi connectivity index (χ3v) is 4.12. The summed E-state index contributed by atoms with van der Waals surface area (Å²) in [5, 5.41) is 3.94. The number of hydrogen-bond acceptors (Lipinski definition) is 3. The summed E-state index contributed by atoms with van der Waals surface area (Å²) in [4.78, 5) is 0.875. The fourth-order valence-corrected chi connectivity index (χ4v) is 2.79. The summed E-state index contributed by atoms with van der Waals surface area (Å²) in [6.45, 7) is 4.28. The molecule has 0 saturated heterocycles. The predicted octanol–water partition coefficient (Wildman–Crippen LogP) is 4.19. The molecular weight excluding hydrogens is 254 g/mol. The Hall–Kier alpha value is -1.48. The van der Waals surface area contributed by atoms with Crippen LogP contribution < -0.4 is 0 Å². The van der Waals surface area contributed by atoms with E-state index < -0.39 is 0 Å². The van der Waals surface area contributed by atoms with Crippen LogP contribution >= 0.6 is 12.2 Å². The molecule has 0 amide bonds. The minimum Gasteiger partial charge on any atom is -0.360 e. The van der Waals surface area contributed by atoms with Crippen molar-refractivity contribution in [1.82, 2.24) is 5.16 Å². The van der Waals surface area contributed by atoms with Gasteiger partial charge in [-0.3, -0.25) is 0 Å². The zero-order chi connectivity index (χ0) is 13.4. The highest BCUT2D eigenvalue weighted by molar-refractivity contribution is 7.81. The minimum absolute atomic E-state index is 0.533. The number of benzene rings is 1. The molecule has 1 aromatic heterocycles. The molecule has 0 N–H and O–H groups in total. The molecule has 0 radical (unpaired) electrons. The fraction of sp³-hybridized carbons (Fsp3) is 0.375. The molecule has 0 spiro atoms. The van der Waals surface area contributed by atoms with Crippen molar-refractivity contribution in [2.24, 2.45) is 0 Å². The molecule has 2 aromatic rings. The lowest BCUT2D eigenvalue weighted by atomic mass is 9.96. The average Bonchev–Trinajstić information content (AvgIpc) is 3.15. The smallest absolute Gasteiger partial charge is 0.148 e. The van der Waals surface area contributed by atoms with Crippen molar-refractivity contribution < 1.29 is 4.52 Å². The summed E-state index contributed by atoms with van der Waals surface area (Å²) < 4.78 is 5.39. The quantitative estimate of drug-likeness (QED) is 0.616. The molecule has 1 saturated carbocycles. The highest BCUT2D eigenvalue weighted by Crippen LogP contribution is 2.42. The molecule has 3 rings (SSSR count). The van der Waals surface area contributed by atoms with E-state index in [4.69, 9.17) is 16.7 Å². The molecule has 1 aliphatic carbocycles. The standard InChI is InChI=1S/C16H17NOS/c1-3-11-8-10(2)4-7-13(11)16(19)14-9-17-18-15(14)12-5-6-12/h4,7-9,12H,3,5-6H2,1-2H3. The third kappa shape index (κ3) is 2.35. The maximum absolute atomic E-state index is 5.67. The Labute approximate surface area is 118 Å². The van der Waals surface area contributed by atoms with E-state index in [1.54, 1.807) is 6.20 Å². The van der Waals surface area contributed by atoms with Crippen molar-refractivity contribution in [3.63, 3.8) is 0 Å². The van der Waals surface area contributed by atoms with Gasteiger partial charge >= 0.3 is 0 Å². The Bertz CT molecular complexity index is 625. The van der Waals surface area contributed by atoms with Crippen molar-refractivity contribution in [1.29, 1.82) is 0 Å². The number of rotatable bonds is 4. The van der Waals surface area contributed by atoms with E-state index in [1.165, 1.54) is 24.0 Å². The second-order valence-electron chi connectivity index (χ2n) is 5.22. The molecule has 3 heteroatoms. The molecule has 98 valence electrons. The summed E-state index contributed by atoms with van der Waals surface area (Å²) in [6.07, 6.45) is 5.15. The van der Waals surface area contributed by atoms with Gasteiger partial charge in [0.25, 0.3) is 0 Å². The normalized spacial score (nSPS) is 14.6. The largest absolute Gasteiger partial charge is 0.360 e. The first-order valence-corrected chi connectivity index (χ1v) is 7.20. The van der Waals surface area contributed by atoms with E-state index >= 15 is 0 Å². The van der Waals surface area contributed by atoms with Gasteiger partial charge in [0.1, 0.15) is 5.76 Å². The third-order valence-electron chi connectivity index (χ3n) is 3.68. The zero-order valence-corrected chi connectivity index (χ0v) is 12.1. The number of nitrogens with zero attached hydrogens (tertiary/aromatic N) is 1. The summed E-state index contributed by atoms with van der Waals surface area (Å²) in [7, 11) is 0. The van der Waals surface area contributed by atoms with E-state index in [-0.39, 0.29) is 0 Å². The van der Waals surface area contributed by atoms with Crippen molar-refractivity contribution in [3.8, 4) is 0 Å². The highest BCUT2D eigenvalue weighted by Gasteiger charge is 2.31. The van der Waals surface area contributed by atoms with Crippen LogP contribution in [0.25, 0.3) is 0 Å². The molecule has 0 unspecified atom stereocenters. The van der Waals surface area contributed by atoms with E-state index in [9.17, 15) is 0 Å². The first-order chi connectivity index (χ1) is 9.20. The van der Waals surface area contributed by atoms with E-state index in [1.807, 2.05) is 0 Å². The lowest BCUT2D eigenvalue weighted by molar-refractivity contribution is 0.384. The van der Waals surface area contributed by atoms with E-state index in [2.05, 4.69) is 37.2 Å². The van der Waals surface area contributed by atoms with Gasteiger partial charge in [0.2, 0.25) is 0 Å². The number of aromatic nitrogens is 1. The molecule has 1 aliphatic rings. The van der Waals surface area contributed by atoms with Crippen molar-refractivity contribution in [2.45, 2.75) is 39.0 Å². The molecule has 0 atom stereocenters. The summed E-state index contributed by atoms with van der Waals surface area (Å²) in [5.41, 5.74) is 4.73. The van der Waals surface area contributed by atoms with Crippen LogP contribution in [-0.2, 0) is 6.42 Å². The summed E-state index contributed by atoms with van der Waals surface area (Å²) >= 11 is 5.67. The Morgan fingerprint density at radius 2 is 2.16 bits per heavy atom. The Balaban J connectivity index is 2.01. The van der Waals surface area contributed by atoms with Gasteiger partial charge in [-0.25, -0.2) is 0 Å². The number of thiocarbonyl (C=S) groups is 1. The van der Waals surface area contributed by atoms with Crippen LogP contribution in [0, 0.1) is 6.92 Å². The molecule has 0 aliphatic heterocycles. The van der Waals surface area contributed by atoms with Crippen LogP contribution in [0.1, 0.15) is 53.7 Å². The maximum atomic E-state index is 5.67. The molecule has 2 nitrogen and oxygen atoms in total. The Morgan fingerprint density at radius 1 is 1.37 bits per heavy atom. The minimum atomic E-state index is 0.533. The van der Waals surface area contributed by atoms with Gasteiger partial charge in [-0.15, -0.1) is 0 Å². The monoisotopic (exact) mass is 271 g/mol.